The SMILES string of the molecule is CCOCC(C=C(C)C)NN. The van der Waals surface area contributed by atoms with E-state index in [0.29, 0.717) is 6.61 Å². The molecule has 0 aromatic carbocycles. The first-order valence-corrected chi connectivity index (χ1v) is 3.89. The highest BCUT2D eigenvalue weighted by Crippen LogP contribution is 1.94. The highest BCUT2D eigenvalue weighted by atomic mass is 16.5. The van der Waals surface area contributed by atoms with E-state index >= 15 is 0 Å². The van der Waals surface area contributed by atoms with Crippen molar-refractivity contribution in [2.45, 2.75) is 26.8 Å². The Morgan fingerprint density at radius 3 is 2.64 bits per heavy atom. The van der Waals surface area contributed by atoms with E-state index in [1.54, 1.807) is 0 Å². The van der Waals surface area contributed by atoms with Gasteiger partial charge in [0.15, 0.2) is 0 Å². The minimum absolute atomic E-state index is 0.139. The molecular weight excluding hydrogens is 140 g/mol. The Kier molecular flexibility index (Phi) is 6.12. The Hall–Kier alpha value is -0.380. The van der Waals surface area contributed by atoms with Crippen LogP contribution in [0.25, 0.3) is 0 Å². The molecule has 0 aromatic heterocycles. The second-order valence-corrected chi connectivity index (χ2v) is 2.68. The van der Waals surface area contributed by atoms with E-state index in [1.807, 2.05) is 20.8 Å². The number of rotatable bonds is 5. The Morgan fingerprint density at radius 1 is 1.64 bits per heavy atom. The summed E-state index contributed by atoms with van der Waals surface area (Å²) >= 11 is 0. The molecule has 66 valence electrons. The van der Waals surface area contributed by atoms with Gasteiger partial charge in [0.05, 0.1) is 12.6 Å². The average molecular weight is 158 g/mol. The van der Waals surface area contributed by atoms with Crippen LogP contribution in [-0.4, -0.2) is 19.3 Å². The summed E-state index contributed by atoms with van der Waals surface area (Å²) in [5, 5.41) is 0. The van der Waals surface area contributed by atoms with Gasteiger partial charge in [-0.15, -0.1) is 0 Å². The summed E-state index contributed by atoms with van der Waals surface area (Å²) in [5.74, 6) is 5.29. The smallest absolute Gasteiger partial charge is 0.0668 e. The molecule has 3 nitrogen and oxygen atoms in total. The van der Waals surface area contributed by atoms with Crippen LogP contribution in [0.3, 0.4) is 0 Å². The van der Waals surface area contributed by atoms with Gasteiger partial charge in [-0.05, 0) is 20.8 Å². The number of nitrogens with one attached hydrogen (secondary N) is 1. The quantitative estimate of drug-likeness (QED) is 0.354. The zero-order valence-corrected chi connectivity index (χ0v) is 7.55. The van der Waals surface area contributed by atoms with Crippen molar-refractivity contribution in [1.29, 1.82) is 0 Å². The van der Waals surface area contributed by atoms with Crippen molar-refractivity contribution in [1.82, 2.24) is 5.43 Å². The molecule has 0 spiro atoms. The molecule has 1 unspecified atom stereocenters. The van der Waals surface area contributed by atoms with Crippen molar-refractivity contribution in [3.63, 3.8) is 0 Å². The highest BCUT2D eigenvalue weighted by molar-refractivity contribution is 5.00. The number of hydrazine groups is 1. The zero-order valence-electron chi connectivity index (χ0n) is 7.55. The molecule has 0 bridgehead atoms. The van der Waals surface area contributed by atoms with E-state index in [9.17, 15) is 0 Å². The van der Waals surface area contributed by atoms with Gasteiger partial charge >= 0.3 is 0 Å². The van der Waals surface area contributed by atoms with E-state index in [0.717, 1.165) is 6.61 Å². The van der Waals surface area contributed by atoms with Crippen molar-refractivity contribution in [3.05, 3.63) is 11.6 Å². The lowest BCUT2D eigenvalue weighted by Gasteiger charge is -2.11. The predicted octanol–water partition coefficient (Wildman–Crippen LogP) is 0.821. The standard InChI is InChI=1S/C8H18N2O/c1-4-11-6-8(10-9)5-7(2)3/h5,8,10H,4,6,9H2,1-3H3. The van der Waals surface area contributed by atoms with Gasteiger partial charge in [-0.1, -0.05) is 11.6 Å². The fourth-order valence-electron chi connectivity index (χ4n) is 0.792. The number of hydrogen-bond donors (Lipinski definition) is 2. The van der Waals surface area contributed by atoms with Gasteiger partial charge in [-0.2, -0.15) is 0 Å². The molecular formula is C8H18N2O. The van der Waals surface area contributed by atoms with Crippen LogP contribution in [0.2, 0.25) is 0 Å². The summed E-state index contributed by atoms with van der Waals surface area (Å²) in [4.78, 5) is 0. The summed E-state index contributed by atoms with van der Waals surface area (Å²) < 4.78 is 5.20. The highest BCUT2D eigenvalue weighted by Gasteiger charge is 2.00. The molecule has 0 fully saturated rings. The van der Waals surface area contributed by atoms with Gasteiger partial charge in [0.2, 0.25) is 0 Å². The first-order valence-electron chi connectivity index (χ1n) is 3.89. The molecule has 0 aliphatic rings. The Balaban J connectivity index is 3.67. The van der Waals surface area contributed by atoms with E-state index in [1.165, 1.54) is 5.57 Å². The average Bonchev–Trinajstić information content (AvgIpc) is 1.97. The molecule has 11 heavy (non-hydrogen) atoms. The molecule has 0 heterocycles. The number of hydrogen-bond acceptors (Lipinski definition) is 3. The summed E-state index contributed by atoms with van der Waals surface area (Å²) in [7, 11) is 0. The number of nitrogens with two attached hydrogens (primary N) is 1. The third-order valence-corrected chi connectivity index (χ3v) is 1.25. The maximum atomic E-state index is 5.29. The van der Waals surface area contributed by atoms with Crippen LogP contribution in [-0.2, 0) is 4.74 Å². The van der Waals surface area contributed by atoms with Crippen LogP contribution in [0.15, 0.2) is 11.6 Å². The van der Waals surface area contributed by atoms with E-state index in [2.05, 4.69) is 11.5 Å². The van der Waals surface area contributed by atoms with Crippen molar-refractivity contribution in [2.24, 2.45) is 5.84 Å². The summed E-state index contributed by atoms with van der Waals surface area (Å²) in [5.41, 5.74) is 3.91. The van der Waals surface area contributed by atoms with Gasteiger partial charge in [0, 0.05) is 6.61 Å². The number of allylic oxidation sites excluding steroid dienone is 1. The topological polar surface area (TPSA) is 47.3 Å². The van der Waals surface area contributed by atoms with Crippen LogP contribution in [0, 0.1) is 0 Å². The third-order valence-electron chi connectivity index (χ3n) is 1.25. The summed E-state index contributed by atoms with van der Waals surface area (Å²) in [6, 6.07) is 0.139. The van der Waals surface area contributed by atoms with E-state index in [4.69, 9.17) is 10.6 Å². The minimum Gasteiger partial charge on any atom is -0.380 e. The van der Waals surface area contributed by atoms with E-state index in [-0.39, 0.29) is 6.04 Å². The second kappa shape index (κ2) is 6.34. The normalized spacial score (nSPS) is 12.7. The maximum absolute atomic E-state index is 5.29. The first-order chi connectivity index (χ1) is 5.20. The maximum Gasteiger partial charge on any atom is 0.0668 e. The third kappa shape index (κ3) is 6.04. The van der Waals surface area contributed by atoms with Crippen molar-refractivity contribution >= 4 is 0 Å². The van der Waals surface area contributed by atoms with Crippen molar-refractivity contribution in [2.75, 3.05) is 13.2 Å². The fraction of sp³-hybridized carbons (Fsp3) is 0.750. The minimum atomic E-state index is 0.139. The molecule has 0 aromatic rings. The lowest BCUT2D eigenvalue weighted by atomic mass is 10.2. The van der Waals surface area contributed by atoms with Crippen LogP contribution in [0.4, 0.5) is 0 Å². The Bertz CT molecular complexity index is 119. The van der Waals surface area contributed by atoms with Gasteiger partial charge in [0.1, 0.15) is 0 Å². The van der Waals surface area contributed by atoms with Gasteiger partial charge in [0.25, 0.3) is 0 Å². The number of ether oxygens (including phenoxy) is 1. The lowest BCUT2D eigenvalue weighted by Crippen LogP contribution is -2.37. The fourth-order valence-corrected chi connectivity index (χ4v) is 0.792. The van der Waals surface area contributed by atoms with Crippen LogP contribution >= 0.6 is 0 Å². The molecule has 0 saturated carbocycles. The van der Waals surface area contributed by atoms with Crippen molar-refractivity contribution < 1.29 is 4.74 Å². The molecule has 3 N–H and O–H groups in total. The molecule has 0 radical (unpaired) electrons. The van der Waals surface area contributed by atoms with Gasteiger partial charge < -0.3 is 4.74 Å². The molecule has 0 aliphatic carbocycles. The molecule has 0 saturated heterocycles. The van der Waals surface area contributed by atoms with Crippen LogP contribution in [0.5, 0.6) is 0 Å². The molecule has 1 atom stereocenters. The second-order valence-electron chi connectivity index (χ2n) is 2.68. The van der Waals surface area contributed by atoms with Gasteiger partial charge in [-0.3, -0.25) is 11.3 Å². The van der Waals surface area contributed by atoms with E-state index < -0.39 is 0 Å². The largest absolute Gasteiger partial charge is 0.380 e. The summed E-state index contributed by atoms with van der Waals surface area (Å²) in [6.07, 6.45) is 2.05. The zero-order chi connectivity index (χ0) is 8.69. The molecule has 0 rings (SSSR count). The van der Waals surface area contributed by atoms with Crippen molar-refractivity contribution in [3.8, 4) is 0 Å². The van der Waals surface area contributed by atoms with Crippen LogP contribution in [0.1, 0.15) is 20.8 Å². The summed E-state index contributed by atoms with van der Waals surface area (Å²) in [6.45, 7) is 7.41. The predicted molar refractivity (Wildman–Crippen MR) is 47.0 cm³/mol. The van der Waals surface area contributed by atoms with Gasteiger partial charge in [-0.25, -0.2) is 0 Å². The monoisotopic (exact) mass is 158 g/mol. The molecule has 0 amide bonds. The molecule has 0 aliphatic heterocycles. The van der Waals surface area contributed by atoms with Crippen LogP contribution < -0.4 is 11.3 Å². The Morgan fingerprint density at radius 2 is 2.27 bits per heavy atom. The Labute approximate surface area is 68.6 Å². The first kappa shape index (κ1) is 10.6. The lowest BCUT2D eigenvalue weighted by molar-refractivity contribution is 0.134. The molecule has 3 heteroatoms.